The normalized spacial score (nSPS) is 20.7. The molecule has 1 atom stereocenters. The number of amides is 1. The van der Waals surface area contributed by atoms with Crippen molar-refractivity contribution in [1.82, 2.24) is 20.0 Å². The molecule has 0 aliphatic carbocycles. The van der Waals surface area contributed by atoms with Gasteiger partial charge in [0.15, 0.2) is 0 Å². The number of nitrogens with zero attached hydrogens (tertiary/aromatic N) is 4. The lowest BCUT2D eigenvalue weighted by atomic mass is 9.91. The Morgan fingerprint density at radius 3 is 2.34 bits per heavy atom. The molecular weight excluding hydrogens is 514 g/mol. The van der Waals surface area contributed by atoms with Crippen LogP contribution in [0.25, 0.3) is 0 Å². The molecule has 0 saturated carbocycles. The highest BCUT2D eigenvalue weighted by molar-refractivity contribution is 5.82. The largest absolute Gasteiger partial charge is 0.372 e. The number of nitrogens with one attached hydrogen (secondary N) is 1. The minimum Gasteiger partial charge on any atom is -0.372 e. The smallest absolute Gasteiger partial charge is 0.237 e. The fourth-order valence-electron chi connectivity index (χ4n) is 7.11. The first-order valence-electron chi connectivity index (χ1n) is 16.1. The summed E-state index contributed by atoms with van der Waals surface area (Å²) in [5, 5.41) is 2.71. The highest BCUT2D eigenvalue weighted by Gasteiger charge is 2.26. The molecule has 1 unspecified atom stereocenters. The maximum atomic E-state index is 12.4. The molecule has 8 nitrogen and oxygen atoms in total. The number of benzene rings is 1. The van der Waals surface area contributed by atoms with Crippen LogP contribution >= 0.6 is 0 Å². The minimum absolute atomic E-state index is 0.109. The van der Waals surface area contributed by atoms with E-state index < -0.39 is 6.04 Å². The molecule has 0 radical (unpaired) electrons. The first-order valence-corrected chi connectivity index (χ1v) is 16.1. The summed E-state index contributed by atoms with van der Waals surface area (Å²) in [6.45, 7) is 10.3. The number of hydrogen-bond acceptors (Lipinski definition) is 7. The Hall–Kier alpha value is -2.29. The average molecular weight is 568 g/mol. The van der Waals surface area contributed by atoms with E-state index in [1.807, 2.05) is 18.0 Å². The highest BCUT2D eigenvalue weighted by atomic mass is 16.2. The van der Waals surface area contributed by atoms with Crippen molar-refractivity contribution in [1.29, 1.82) is 0 Å². The van der Waals surface area contributed by atoms with E-state index in [9.17, 15) is 14.4 Å². The number of anilines is 1. The van der Waals surface area contributed by atoms with Gasteiger partial charge in [-0.3, -0.25) is 14.5 Å². The summed E-state index contributed by atoms with van der Waals surface area (Å²) in [4.78, 5) is 45.0. The summed E-state index contributed by atoms with van der Waals surface area (Å²) >= 11 is 0. The van der Waals surface area contributed by atoms with Crippen molar-refractivity contribution >= 4 is 24.2 Å². The van der Waals surface area contributed by atoms with Crippen LogP contribution in [0.3, 0.4) is 0 Å². The summed E-state index contributed by atoms with van der Waals surface area (Å²) in [6.07, 6.45) is 13.2. The average Bonchev–Trinajstić information content (AvgIpc) is 3.01. The van der Waals surface area contributed by atoms with E-state index in [0.717, 1.165) is 48.7 Å². The lowest BCUT2D eigenvalue weighted by Crippen LogP contribution is -2.43. The van der Waals surface area contributed by atoms with Gasteiger partial charge in [0, 0.05) is 50.9 Å². The van der Waals surface area contributed by atoms with Crippen LogP contribution in [0, 0.1) is 11.8 Å². The second-order valence-corrected chi connectivity index (χ2v) is 12.7. The van der Waals surface area contributed by atoms with Crippen molar-refractivity contribution in [3.63, 3.8) is 0 Å². The number of likely N-dealkylation sites (N-methyl/N-ethyl adjacent to an activating group) is 2. The molecule has 0 aromatic heterocycles. The molecule has 3 fully saturated rings. The van der Waals surface area contributed by atoms with E-state index in [0.29, 0.717) is 24.9 Å². The van der Waals surface area contributed by atoms with E-state index in [-0.39, 0.29) is 5.91 Å². The number of carbonyl (C=O) groups is 3. The molecule has 3 aliphatic heterocycles. The molecule has 1 amide bonds. The lowest BCUT2D eigenvalue weighted by Gasteiger charge is -2.38. The first-order chi connectivity index (χ1) is 20.0. The molecule has 41 heavy (non-hydrogen) atoms. The third-order valence-corrected chi connectivity index (χ3v) is 9.82. The van der Waals surface area contributed by atoms with Crippen LogP contribution in [-0.4, -0.2) is 106 Å². The fourth-order valence-corrected chi connectivity index (χ4v) is 7.11. The zero-order valence-electron chi connectivity index (χ0n) is 25.6. The monoisotopic (exact) mass is 567 g/mol. The maximum absolute atomic E-state index is 12.4. The van der Waals surface area contributed by atoms with Crippen LogP contribution in [0.15, 0.2) is 18.2 Å². The van der Waals surface area contributed by atoms with Gasteiger partial charge < -0.3 is 24.8 Å². The summed E-state index contributed by atoms with van der Waals surface area (Å²) in [6, 6.07) is 5.68. The number of piperidine rings is 3. The van der Waals surface area contributed by atoms with E-state index in [2.05, 4.69) is 32.1 Å². The highest BCUT2D eigenvalue weighted by Crippen LogP contribution is 2.28. The third kappa shape index (κ3) is 9.35. The summed E-state index contributed by atoms with van der Waals surface area (Å²) in [7, 11) is 3.50. The van der Waals surface area contributed by atoms with Gasteiger partial charge in [-0.25, -0.2) is 0 Å². The van der Waals surface area contributed by atoms with Crippen molar-refractivity contribution in [2.24, 2.45) is 11.8 Å². The summed E-state index contributed by atoms with van der Waals surface area (Å²) in [5.74, 6) is 1.57. The molecule has 3 heterocycles. The Labute approximate surface area is 247 Å². The number of aldehydes is 2. The van der Waals surface area contributed by atoms with E-state index in [1.165, 1.54) is 90.6 Å². The number of carbonyl (C=O) groups excluding carboxylic acids is 3. The van der Waals surface area contributed by atoms with Gasteiger partial charge in [0.05, 0.1) is 6.04 Å². The summed E-state index contributed by atoms with van der Waals surface area (Å²) < 4.78 is 0. The predicted molar refractivity (Wildman–Crippen MR) is 165 cm³/mol. The van der Waals surface area contributed by atoms with Crippen LogP contribution < -0.4 is 10.2 Å². The second-order valence-electron chi connectivity index (χ2n) is 12.7. The topological polar surface area (TPSA) is 76.2 Å². The zero-order valence-corrected chi connectivity index (χ0v) is 25.6. The Morgan fingerprint density at radius 2 is 1.68 bits per heavy atom. The number of rotatable bonds is 14. The molecule has 1 N–H and O–H groups in total. The quantitative estimate of drug-likeness (QED) is 0.343. The molecule has 1 aromatic rings. The van der Waals surface area contributed by atoms with Gasteiger partial charge in [0.1, 0.15) is 12.6 Å². The van der Waals surface area contributed by atoms with Crippen molar-refractivity contribution < 1.29 is 14.4 Å². The van der Waals surface area contributed by atoms with Gasteiger partial charge in [-0.15, -0.1) is 0 Å². The standard InChI is InChI=1S/C33H53N5O3/c1-34-33(41)32(7-6-22-39)35(2)25-30-23-31(9-8-29(30)26-40)38-20-13-27(14-21-38)10-17-36-18-11-28(12-19-36)24-37-15-4-3-5-16-37/h8-9,22-23,26-28,32H,3-7,10-21,24-25H2,1-2H3,(H,34,41). The number of likely N-dealkylation sites (tertiary alicyclic amines) is 2. The van der Waals surface area contributed by atoms with Crippen LogP contribution in [0.1, 0.15) is 80.1 Å². The van der Waals surface area contributed by atoms with Gasteiger partial charge in [-0.2, -0.15) is 0 Å². The zero-order chi connectivity index (χ0) is 29.0. The Balaban J connectivity index is 1.22. The Bertz CT molecular complexity index is 966. The number of hydrogen-bond donors (Lipinski definition) is 1. The Morgan fingerprint density at radius 1 is 0.976 bits per heavy atom. The van der Waals surface area contributed by atoms with Crippen LogP contribution in [0.2, 0.25) is 0 Å². The van der Waals surface area contributed by atoms with Gasteiger partial charge in [0.25, 0.3) is 0 Å². The SMILES string of the molecule is CNC(=O)C(CCC=O)N(C)Cc1cc(N2CCC(CCN3CCC(CN4CCCCC4)CC3)CC2)ccc1C=O. The second kappa shape index (κ2) is 16.4. The van der Waals surface area contributed by atoms with Crippen LogP contribution in [-0.2, 0) is 16.1 Å². The molecule has 3 aliphatic rings. The molecular formula is C33H53N5O3. The van der Waals surface area contributed by atoms with Crippen molar-refractivity contribution in [3.05, 3.63) is 29.3 Å². The molecule has 4 rings (SSSR count). The molecule has 8 heteroatoms. The van der Waals surface area contributed by atoms with Gasteiger partial charge in [-0.1, -0.05) is 6.42 Å². The lowest BCUT2D eigenvalue weighted by molar-refractivity contribution is -0.126. The summed E-state index contributed by atoms with van der Waals surface area (Å²) in [5.41, 5.74) is 2.73. The molecule has 0 spiro atoms. The molecule has 0 bridgehead atoms. The predicted octanol–water partition coefficient (Wildman–Crippen LogP) is 3.83. The van der Waals surface area contributed by atoms with Gasteiger partial charge in [0.2, 0.25) is 5.91 Å². The fraction of sp³-hybridized carbons (Fsp3) is 0.727. The first kappa shape index (κ1) is 31.6. The van der Waals surface area contributed by atoms with E-state index in [1.54, 1.807) is 7.05 Å². The van der Waals surface area contributed by atoms with Crippen LogP contribution in [0.5, 0.6) is 0 Å². The Kier molecular flexibility index (Phi) is 12.6. The molecule has 3 saturated heterocycles. The maximum Gasteiger partial charge on any atom is 0.237 e. The van der Waals surface area contributed by atoms with Gasteiger partial charge in [-0.05, 0) is 127 Å². The van der Waals surface area contributed by atoms with Gasteiger partial charge >= 0.3 is 0 Å². The van der Waals surface area contributed by atoms with Crippen LogP contribution in [0.4, 0.5) is 5.69 Å². The van der Waals surface area contributed by atoms with E-state index >= 15 is 0 Å². The third-order valence-electron chi connectivity index (χ3n) is 9.82. The van der Waals surface area contributed by atoms with Crippen molar-refractivity contribution in [2.45, 2.75) is 76.8 Å². The van der Waals surface area contributed by atoms with E-state index in [4.69, 9.17) is 0 Å². The molecule has 1 aromatic carbocycles. The van der Waals surface area contributed by atoms with Crippen molar-refractivity contribution in [2.75, 3.05) is 71.4 Å². The molecule has 228 valence electrons. The minimum atomic E-state index is -0.412. The van der Waals surface area contributed by atoms with Crippen molar-refractivity contribution in [3.8, 4) is 0 Å².